The molecule has 0 aliphatic carbocycles. The molecule has 102 valence electrons. The Morgan fingerprint density at radius 3 is 2.89 bits per heavy atom. The van der Waals surface area contributed by atoms with Gasteiger partial charge >= 0.3 is 0 Å². The summed E-state index contributed by atoms with van der Waals surface area (Å²) in [5.74, 6) is 0. The zero-order valence-corrected chi connectivity index (χ0v) is 12.6. The van der Waals surface area contributed by atoms with Crippen molar-refractivity contribution in [1.29, 1.82) is 0 Å². The van der Waals surface area contributed by atoms with Crippen LogP contribution in [0.15, 0.2) is 35.2 Å². The maximum atomic E-state index is 4.40. The number of hydrogen-bond acceptors (Lipinski definition) is 4. The van der Waals surface area contributed by atoms with Crippen LogP contribution >= 0.6 is 11.3 Å². The third kappa shape index (κ3) is 4.33. The van der Waals surface area contributed by atoms with E-state index >= 15 is 0 Å². The molecule has 2 rings (SSSR count). The van der Waals surface area contributed by atoms with Crippen LogP contribution in [0, 0.1) is 0 Å². The second-order valence-corrected chi connectivity index (χ2v) is 5.81. The summed E-state index contributed by atoms with van der Waals surface area (Å²) >= 11 is 1.74. The van der Waals surface area contributed by atoms with Crippen molar-refractivity contribution in [3.05, 3.63) is 46.4 Å². The fourth-order valence-electron chi connectivity index (χ4n) is 1.86. The highest BCUT2D eigenvalue weighted by Gasteiger charge is 2.04. The lowest BCUT2D eigenvalue weighted by Crippen LogP contribution is -2.23. The predicted octanol–water partition coefficient (Wildman–Crippen LogP) is 3.28. The lowest BCUT2D eigenvalue weighted by molar-refractivity contribution is 0.581. The van der Waals surface area contributed by atoms with Gasteiger partial charge in [-0.1, -0.05) is 13.8 Å². The van der Waals surface area contributed by atoms with Gasteiger partial charge in [-0.15, -0.1) is 0 Å². The van der Waals surface area contributed by atoms with Gasteiger partial charge in [0.2, 0.25) is 0 Å². The van der Waals surface area contributed by atoms with Gasteiger partial charge < -0.3 is 10.2 Å². The number of rotatable bonds is 6. The Hall–Kier alpha value is -1.39. The average molecular weight is 275 g/mol. The van der Waals surface area contributed by atoms with Gasteiger partial charge in [-0.25, -0.2) is 0 Å². The van der Waals surface area contributed by atoms with Gasteiger partial charge in [-0.05, 0) is 34.5 Å². The zero-order valence-electron chi connectivity index (χ0n) is 11.8. The molecule has 4 heteroatoms. The Labute approximate surface area is 119 Å². The monoisotopic (exact) mass is 275 g/mol. The van der Waals surface area contributed by atoms with E-state index in [4.69, 9.17) is 0 Å². The van der Waals surface area contributed by atoms with E-state index in [-0.39, 0.29) is 0 Å². The molecule has 0 aromatic carbocycles. The number of anilines is 1. The third-order valence-corrected chi connectivity index (χ3v) is 3.66. The van der Waals surface area contributed by atoms with Gasteiger partial charge in [0.15, 0.2) is 0 Å². The fourth-order valence-corrected chi connectivity index (χ4v) is 2.52. The first kappa shape index (κ1) is 14.0. The largest absolute Gasteiger partial charge is 0.370 e. The van der Waals surface area contributed by atoms with E-state index in [1.165, 1.54) is 11.3 Å². The highest BCUT2D eigenvalue weighted by atomic mass is 32.1. The summed E-state index contributed by atoms with van der Waals surface area (Å²) in [5.41, 5.74) is 3.65. The Balaban J connectivity index is 2.01. The standard InChI is InChI=1S/C15H21N3S/c1-12(2)17-9-14-8-15(4-6-16-14)18(3)10-13-5-7-19-11-13/h4-8,11-12,17H,9-10H2,1-3H3. The first-order chi connectivity index (χ1) is 9.15. The molecule has 0 aliphatic heterocycles. The molecule has 0 unspecified atom stereocenters. The Morgan fingerprint density at radius 1 is 1.37 bits per heavy atom. The van der Waals surface area contributed by atoms with Crippen LogP contribution in [0.2, 0.25) is 0 Å². The Morgan fingerprint density at radius 2 is 2.21 bits per heavy atom. The van der Waals surface area contributed by atoms with Crippen molar-refractivity contribution >= 4 is 17.0 Å². The van der Waals surface area contributed by atoms with E-state index in [2.05, 4.69) is 65.1 Å². The topological polar surface area (TPSA) is 28.2 Å². The summed E-state index contributed by atoms with van der Waals surface area (Å²) in [4.78, 5) is 6.66. The first-order valence-corrected chi connectivity index (χ1v) is 7.50. The second kappa shape index (κ2) is 6.68. The molecule has 0 amide bonds. The molecule has 0 aliphatic rings. The normalized spacial score (nSPS) is 10.9. The van der Waals surface area contributed by atoms with Gasteiger partial charge in [-0.2, -0.15) is 11.3 Å². The molecule has 1 N–H and O–H groups in total. The van der Waals surface area contributed by atoms with Crippen molar-refractivity contribution in [2.75, 3.05) is 11.9 Å². The van der Waals surface area contributed by atoms with Gasteiger partial charge in [-0.3, -0.25) is 4.98 Å². The van der Waals surface area contributed by atoms with Crippen molar-refractivity contribution in [2.24, 2.45) is 0 Å². The van der Waals surface area contributed by atoms with Gasteiger partial charge in [0.05, 0.1) is 5.69 Å². The Bertz CT molecular complexity index is 494. The molecule has 0 radical (unpaired) electrons. The summed E-state index contributed by atoms with van der Waals surface area (Å²) in [7, 11) is 2.12. The number of hydrogen-bond donors (Lipinski definition) is 1. The molecule has 0 saturated heterocycles. The van der Waals surface area contributed by atoms with Crippen molar-refractivity contribution in [2.45, 2.75) is 33.0 Å². The van der Waals surface area contributed by atoms with E-state index in [0.29, 0.717) is 6.04 Å². The third-order valence-electron chi connectivity index (χ3n) is 2.93. The molecule has 0 fully saturated rings. The van der Waals surface area contributed by atoms with Crippen LogP contribution in [0.1, 0.15) is 25.1 Å². The molecular formula is C15H21N3S. The minimum atomic E-state index is 0.481. The number of nitrogens with one attached hydrogen (secondary N) is 1. The van der Waals surface area contributed by atoms with Gasteiger partial charge in [0.25, 0.3) is 0 Å². The van der Waals surface area contributed by atoms with Crippen LogP contribution in [-0.4, -0.2) is 18.1 Å². The van der Waals surface area contributed by atoms with Crippen LogP contribution in [-0.2, 0) is 13.1 Å². The number of thiophene rings is 1. The number of aromatic nitrogens is 1. The van der Waals surface area contributed by atoms with Crippen LogP contribution in [0.4, 0.5) is 5.69 Å². The van der Waals surface area contributed by atoms with Crippen LogP contribution < -0.4 is 10.2 Å². The summed E-state index contributed by atoms with van der Waals surface area (Å²) in [6, 6.07) is 6.87. The summed E-state index contributed by atoms with van der Waals surface area (Å²) < 4.78 is 0. The molecule has 2 aromatic heterocycles. The van der Waals surface area contributed by atoms with E-state index < -0.39 is 0 Å². The van der Waals surface area contributed by atoms with Crippen LogP contribution in [0.3, 0.4) is 0 Å². The molecule has 3 nitrogen and oxygen atoms in total. The van der Waals surface area contributed by atoms with E-state index in [9.17, 15) is 0 Å². The molecule has 2 aromatic rings. The first-order valence-electron chi connectivity index (χ1n) is 6.55. The highest BCUT2D eigenvalue weighted by molar-refractivity contribution is 7.07. The number of pyridine rings is 1. The Kier molecular flexibility index (Phi) is 4.93. The van der Waals surface area contributed by atoms with Gasteiger partial charge in [0, 0.05) is 38.1 Å². The smallest absolute Gasteiger partial charge is 0.0562 e. The maximum absolute atomic E-state index is 4.40. The molecule has 0 saturated carbocycles. The van der Waals surface area contributed by atoms with E-state index in [0.717, 1.165) is 18.8 Å². The van der Waals surface area contributed by atoms with Crippen molar-refractivity contribution in [3.8, 4) is 0 Å². The quantitative estimate of drug-likeness (QED) is 0.877. The highest BCUT2D eigenvalue weighted by Crippen LogP contribution is 2.17. The van der Waals surface area contributed by atoms with Crippen LogP contribution in [0.25, 0.3) is 0 Å². The van der Waals surface area contributed by atoms with Crippen molar-refractivity contribution in [3.63, 3.8) is 0 Å². The van der Waals surface area contributed by atoms with E-state index in [1.807, 2.05) is 6.20 Å². The van der Waals surface area contributed by atoms with Gasteiger partial charge in [0.1, 0.15) is 0 Å². The predicted molar refractivity (Wildman–Crippen MR) is 82.6 cm³/mol. The minimum absolute atomic E-state index is 0.481. The zero-order chi connectivity index (χ0) is 13.7. The number of nitrogens with zero attached hydrogens (tertiary/aromatic N) is 2. The molecule has 2 heterocycles. The summed E-state index contributed by atoms with van der Waals surface area (Å²) in [5, 5.41) is 7.71. The summed E-state index contributed by atoms with van der Waals surface area (Å²) in [6.45, 7) is 6.04. The van der Waals surface area contributed by atoms with Crippen molar-refractivity contribution in [1.82, 2.24) is 10.3 Å². The fraction of sp³-hybridized carbons (Fsp3) is 0.400. The summed E-state index contributed by atoms with van der Waals surface area (Å²) in [6.07, 6.45) is 1.89. The SMILES string of the molecule is CC(C)NCc1cc(N(C)Cc2ccsc2)ccn1. The minimum Gasteiger partial charge on any atom is -0.370 e. The second-order valence-electron chi connectivity index (χ2n) is 5.03. The molecule has 0 bridgehead atoms. The van der Waals surface area contributed by atoms with Crippen molar-refractivity contribution < 1.29 is 0 Å². The lowest BCUT2D eigenvalue weighted by atomic mass is 10.2. The molecule has 19 heavy (non-hydrogen) atoms. The van der Waals surface area contributed by atoms with Crippen LogP contribution in [0.5, 0.6) is 0 Å². The molecule has 0 spiro atoms. The average Bonchev–Trinajstić information content (AvgIpc) is 2.89. The maximum Gasteiger partial charge on any atom is 0.0562 e. The lowest BCUT2D eigenvalue weighted by Gasteiger charge is -2.19. The molecular weight excluding hydrogens is 254 g/mol. The van der Waals surface area contributed by atoms with E-state index in [1.54, 1.807) is 11.3 Å². The molecule has 0 atom stereocenters.